The fourth-order valence-corrected chi connectivity index (χ4v) is 2.78. The predicted molar refractivity (Wildman–Crippen MR) is 75.7 cm³/mol. The van der Waals surface area contributed by atoms with Crippen LogP contribution in [-0.4, -0.2) is 28.1 Å². The number of aromatic nitrogens is 1. The molecule has 6 heteroatoms. The van der Waals surface area contributed by atoms with Gasteiger partial charge in [0.2, 0.25) is 0 Å². The average molecular weight is 292 g/mol. The van der Waals surface area contributed by atoms with Crippen LogP contribution in [0.5, 0.6) is 0 Å². The summed E-state index contributed by atoms with van der Waals surface area (Å²) in [5, 5.41) is 15.5. The summed E-state index contributed by atoms with van der Waals surface area (Å²) >= 11 is 1.54. The molecule has 1 fully saturated rings. The number of aryl methyl sites for hydroxylation is 1. The fraction of sp³-hybridized carbons (Fsp3) is 0.429. The molecule has 0 aliphatic heterocycles. The van der Waals surface area contributed by atoms with Crippen LogP contribution in [0.15, 0.2) is 22.1 Å². The Morgan fingerprint density at radius 1 is 1.60 bits per heavy atom. The second-order valence-electron chi connectivity index (χ2n) is 5.21. The van der Waals surface area contributed by atoms with Crippen molar-refractivity contribution in [3.8, 4) is 11.5 Å². The number of carbonyl (C=O) groups is 1. The Kier molecular flexibility index (Phi) is 3.35. The first-order valence-electron chi connectivity index (χ1n) is 6.57. The maximum absolute atomic E-state index is 12.0. The van der Waals surface area contributed by atoms with Crippen LogP contribution in [0.3, 0.4) is 0 Å². The standard InChI is InChI=1S/C14H16N2O3S/c1-9-16-11(7-20-9)12-5-10(6-19-12)13(17)15-8-14(18)3-2-4-14/h5-7,18H,2-4,8H2,1H3,(H,15,17). The van der Waals surface area contributed by atoms with Crippen LogP contribution in [-0.2, 0) is 0 Å². The number of aliphatic hydroxyl groups is 1. The third-order valence-corrected chi connectivity index (χ3v) is 4.37. The number of nitrogens with one attached hydrogen (secondary N) is 1. The molecule has 0 unspecified atom stereocenters. The van der Waals surface area contributed by atoms with Crippen molar-refractivity contribution in [1.82, 2.24) is 10.3 Å². The molecule has 2 aromatic heterocycles. The average Bonchev–Trinajstić information content (AvgIpc) is 3.02. The molecule has 0 radical (unpaired) electrons. The summed E-state index contributed by atoms with van der Waals surface area (Å²) in [6.07, 6.45) is 3.94. The SMILES string of the molecule is Cc1nc(-c2cc(C(=O)NCC3(O)CCC3)co2)cs1. The van der Waals surface area contributed by atoms with Crippen LogP contribution < -0.4 is 5.32 Å². The maximum Gasteiger partial charge on any atom is 0.254 e. The lowest BCUT2D eigenvalue weighted by Gasteiger charge is -2.36. The van der Waals surface area contributed by atoms with Gasteiger partial charge in [-0.1, -0.05) is 0 Å². The Labute approximate surface area is 120 Å². The van der Waals surface area contributed by atoms with Crippen molar-refractivity contribution in [2.24, 2.45) is 0 Å². The first-order valence-corrected chi connectivity index (χ1v) is 7.45. The van der Waals surface area contributed by atoms with E-state index >= 15 is 0 Å². The van der Waals surface area contributed by atoms with Gasteiger partial charge < -0.3 is 14.8 Å². The van der Waals surface area contributed by atoms with Gasteiger partial charge in [-0.15, -0.1) is 11.3 Å². The minimum absolute atomic E-state index is 0.229. The fourth-order valence-electron chi connectivity index (χ4n) is 2.17. The molecule has 2 N–H and O–H groups in total. The van der Waals surface area contributed by atoms with Crippen molar-refractivity contribution >= 4 is 17.2 Å². The number of amides is 1. The smallest absolute Gasteiger partial charge is 0.254 e. The lowest BCUT2D eigenvalue weighted by molar-refractivity contribution is -0.0300. The minimum atomic E-state index is -0.714. The molecule has 1 amide bonds. The molecule has 5 nitrogen and oxygen atoms in total. The minimum Gasteiger partial charge on any atom is -0.462 e. The highest BCUT2D eigenvalue weighted by Crippen LogP contribution is 2.30. The first-order chi connectivity index (χ1) is 9.56. The molecular weight excluding hydrogens is 276 g/mol. The zero-order valence-corrected chi connectivity index (χ0v) is 12.0. The second kappa shape index (κ2) is 5.03. The number of rotatable bonds is 4. The van der Waals surface area contributed by atoms with Gasteiger partial charge in [-0.25, -0.2) is 4.98 Å². The van der Waals surface area contributed by atoms with Gasteiger partial charge in [-0.05, 0) is 32.3 Å². The van der Waals surface area contributed by atoms with Crippen LogP contribution in [0.1, 0.15) is 34.6 Å². The molecule has 2 heterocycles. The van der Waals surface area contributed by atoms with Crippen molar-refractivity contribution in [3.63, 3.8) is 0 Å². The molecule has 0 bridgehead atoms. The number of furan rings is 1. The molecular formula is C14H16N2O3S. The highest BCUT2D eigenvalue weighted by atomic mass is 32.1. The van der Waals surface area contributed by atoms with Crippen molar-refractivity contribution in [2.75, 3.05) is 6.54 Å². The lowest BCUT2D eigenvalue weighted by atomic mass is 9.80. The van der Waals surface area contributed by atoms with Crippen molar-refractivity contribution in [3.05, 3.63) is 28.3 Å². The molecule has 20 heavy (non-hydrogen) atoms. The summed E-state index contributed by atoms with van der Waals surface area (Å²) in [7, 11) is 0. The van der Waals surface area contributed by atoms with Gasteiger partial charge in [0.15, 0.2) is 5.76 Å². The van der Waals surface area contributed by atoms with Crippen LogP contribution in [0, 0.1) is 6.92 Å². The van der Waals surface area contributed by atoms with Gasteiger partial charge in [-0.3, -0.25) is 4.79 Å². The number of hydrogen-bond donors (Lipinski definition) is 2. The van der Waals surface area contributed by atoms with E-state index in [1.165, 1.54) is 17.6 Å². The van der Waals surface area contributed by atoms with Gasteiger partial charge in [0.1, 0.15) is 12.0 Å². The third-order valence-electron chi connectivity index (χ3n) is 3.60. The van der Waals surface area contributed by atoms with Gasteiger partial charge in [0.05, 0.1) is 16.2 Å². The summed E-state index contributed by atoms with van der Waals surface area (Å²) < 4.78 is 5.38. The third kappa shape index (κ3) is 2.62. The van der Waals surface area contributed by atoms with E-state index in [4.69, 9.17) is 4.42 Å². The van der Waals surface area contributed by atoms with E-state index in [0.717, 1.165) is 30.0 Å². The molecule has 0 saturated heterocycles. The van der Waals surface area contributed by atoms with E-state index in [0.29, 0.717) is 17.9 Å². The first kappa shape index (κ1) is 13.3. The number of carbonyl (C=O) groups excluding carboxylic acids is 1. The van der Waals surface area contributed by atoms with E-state index in [9.17, 15) is 9.90 Å². The number of nitrogens with zero attached hydrogens (tertiary/aromatic N) is 1. The molecule has 106 valence electrons. The monoisotopic (exact) mass is 292 g/mol. The molecule has 1 aliphatic carbocycles. The Morgan fingerprint density at radius 2 is 2.40 bits per heavy atom. The van der Waals surface area contributed by atoms with E-state index < -0.39 is 5.60 Å². The molecule has 1 saturated carbocycles. The van der Waals surface area contributed by atoms with Gasteiger partial charge in [0, 0.05) is 11.9 Å². The molecule has 0 aromatic carbocycles. The zero-order valence-electron chi connectivity index (χ0n) is 11.2. The predicted octanol–water partition coefficient (Wildman–Crippen LogP) is 2.36. The second-order valence-corrected chi connectivity index (χ2v) is 6.27. The van der Waals surface area contributed by atoms with Gasteiger partial charge in [0.25, 0.3) is 5.91 Å². The van der Waals surface area contributed by atoms with E-state index in [2.05, 4.69) is 10.3 Å². The van der Waals surface area contributed by atoms with Crippen LogP contribution in [0.4, 0.5) is 0 Å². The highest BCUT2D eigenvalue weighted by molar-refractivity contribution is 7.09. The van der Waals surface area contributed by atoms with E-state index in [1.54, 1.807) is 6.07 Å². The Morgan fingerprint density at radius 3 is 3.00 bits per heavy atom. The van der Waals surface area contributed by atoms with Crippen LogP contribution in [0.25, 0.3) is 11.5 Å². The summed E-state index contributed by atoms with van der Waals surface area (Å²) in [5.41, 5.74) is 0.478. The Hall–Kier alpha value is -1.66. The van der Waals surface area contributed by atoms with Crippen LogP contribution in [0.2, 0.25) is 0 Å². The van der Waals surface area contributed by atoms with Crippen molar-refractivity contribution < 1.29 is 14.3 Å². The molecule has 0 atom stereocenters. The lowest BCUT2D eigenvalue weighted by Crippen LogP contribution is -2.47. The normalized spacial score (nSPS) is 16.7. The van der Waals surface area contributed by atoms with Crippen LogP contribution >= 0.6 is 11.3 Å². The molecule has 0 spiro atoms. The van der Waals surface area contributed by atoms with E-state index in [-0.39, 0.29) is 5.91 Å². The topological polar surface area (TPSA) is 75.4 Å². The number of thiazole rings is 1. The molecule has 2 aromatic rings. The van der Waals surface area contributed by atoms with E-state index in [1.807, 2.05) is 12.3 Å². The highest BCUT2D eigenvalue weighted by Gasteiger charge is 2.34. The molecule has 3 rings (SSSR count). The Bertz CT molecular complexity index is 628. The van der Waals surface area contributed by atoms with Gasteiger partial charge >= 0.3 is 0 Å². The summed E-state index contributed by atoms with van der Waals surface area (Å²) in [5.74, 6) is 0.356. The van der Waals surface area contributed by atoms with Gasteiger partial charge in [-0.2, -0.15) is 0 Å². The maximum atomic E-state index is 12.0. The summed E-state index contributed by atoms with van der Waals surface area (Å²) in [6.45, 7) is 2.21. The molecule has 1 aliphatic rings. The quantitative estimate of drug-likeness (QED) is 0.907. The van der Waals surface area contributed by atoms with Crippen molar-refractivity contribution in [2.45, 2.75) is 31.8 Å². The number of hydrogen-bond acceptors (Lipinski definition) is 5. The summed E-state index contributed by atoms with van der Waals surface area (Å²) in [6, 6.07) is 1.68. The largest absolute Gasteiger partial charge is 0.462 e. The summed E-state index contributed by atoms with van der Waals surface area (Å²) in [4.78, 5) is 16.3. The zero-order chi connectivity index (χ0) is 14.2. The van der Waals surface area contributed by atoms with Crippen molar-refractivity contribution in [1.29, 1.82) is 0 Å². The Balaban J connectivity index is 1.65.